The maximum Gasteiger partial charge on any atom is 0.304 e. The number of fused-ring (bicyclic) bond motifs is 1. The van der Waals surface area contributed by atoms with Crippen LogP contribution in [-0.2, 0) is 17.8 Å². The van der Waals surface area contributed by atoms with Crippen molar-refractivity contribution in [3.63, 3.8) is 0 Å². The predicted molar refractivity (Wildman–Crippen MR) is 82.6 cm³/mol. The van der Waals surface area contributed by atoms with Crippen molar-refractivity contribution in [1.82, 2.24) is 9.78 Å². The number of ether oxygens (including phenoxy) is 1. The zero-order chi connectivity index (χ0) is 14.8. The number of rotatable bonds is 3. The fraction of sp³-hybridized carbons (Fsp3) is 0.222. The summed E-state index contributed by atoms with van der Waals surface area (Å²) in [6, 6.07) is 21.0. The van der Waals surface area contributed by atoms with E-state index in [4.69, 9.17) is 4.74 Å². The highest BCUT2D eigenvalue weighted by molar-refractivity contribution is 5.28. The van der Waals surface area contributed by atoms with Crippen LogP contribution in [0.2, 0.25) is 0 Å². The van der Waals surface area contributed by atoms with E-state index in [9.17, 15) is 0 Å². The Balaban J connectivity index is 1.65. The van der Waals surface area contributed by atoms with Gasteiger partial charge in [0, 0.05) is 11.5 Å². The first-order valence-electron chi connectivity index (χ1n) is 7.57. The monoisotopic (exact) mass is 292 g/mol. The van der Waals surface area contributed by atoms with E-state index >= 15 is 0 Å². The van der Waals surface area contributed by atoms with Gasteiger partial charge in [0.25, 0.3) is 0 Å². The van der Waals surface area contributed by atoms with Crippen molar-refractivity contribution in [2.24, 2.45) is 0 Å². The lowest BCUT2D eigenvalue weighted by Gasteiger charge is -2.19. The second-order valence-electron chi connectivity index (χ2n) is 5.58. The molecule has 4 nitrogen and oxygen atoms in total. The van der Waals surface area contributed by atoms with Crippen LogP contribution >= 0.6 is 0 Å². The fourth-order valence-electron chi connectivity index (χ4n) is 2.91. The average molecular weight is 292 g/mol. The van der Waals surface area contributed by atoms with Gasteiger partial charge in [0.2, 0.25) is 6.33 Å². The van der Waals surface area contributed by atoms with E-state index in [1.165, 1.54) is 5.56 Å². The number of para-hydroxylation sites is 1. The topological polar surface area (TPSA) is 30.9 Å². The zero-order valence-electron chi connectivity index (χ0n) is 12.3. The van der Waals surface area contributed by atoms with Crippen molar-refractivity contribution in [2.75, 3.05) is 6.61 Å². The maximum atomic E-state index is 5.73. The van der Waals surface area contributed by atoms with Crippen molar-refractivity contribution in [3.05, 3.63) is 78.4 Å². The van der Waals surface area contributed by atoms with E-state index in [1.54, 1.807) is 0 Å². The molecule has 2 aromatic carbocycles. The molecule has 0 aliphatic carbocycles. The molecule has 0 amide bonds. The van der Waals surface area contributed by atoms with Crippen LogP contribution in [0.3, 0.4) is 0 Å². The molecule has 1 atom stereocenters. The summed E-state index contributed by atoms with van der Waals surface area (Å²) in [4.78, 5) is 0. The second kappa shape index (κ2) is 5.73. The van der Waals surface area contributed by atoms with E-state index in [1.807, 2.05) is 28.9 Å². The molecule has 1 aliphatic rings. The molecule has 0 fully saturated rings. The Morgan fingerprint density at radius 1 is 1.05 bits per heavy atom. The molecule has 1 aliphatic heterocycles. The van der Waals surface area contributed by atoms with Crippen molar-refractivity contribution < 1.29 is 9.30 Å². The summed E-state index contributed by atoms with van der Waals surface area (Å²) >= 11 is 0. The molecule has 4 rings (SSSR count). The number of hydrogen-bond acceptors (Lipinski definition) is 2. The summed E-state index contributed by atoms with van der Waals surface area (Å²) in [7, 11) is 0. The molecule has 0 bridgehead atoms. The highest BCUT2D eigenvalue weighted by Crippen LogP contribution is 2.15. The molecule has 110 valence electrons. The van der Waals surface area contributed by atoms with Gasteiger partial charge in [0.1, 0.15) is 18.3 Å². The van der Waals surface area contributed by atoms with Crippen LogP contribution in [0, 0.1) is 0 Å². The number of nitrogens with zero attached hydrogens (tertiary/aromatic N) is 3. The van der Waals surface area contributed by atoms with Crippen LogP contribution in [0.4, 0.5) is 0 Å². The third kappa shape index (κ3) is 2.53. The summed E-state index contributed by atoms with van der Waals surface area (Å²) in [6.45, 7) is 1.30. The van der Waals surface area contributed by atoms with Crippen molar-refractivity contribution in [2.45, 2.75) is 19.1 Å². The van der Waals surface area contributed by atoms with E-state index in [0.29, 0.717) is 12.6 Å². The summed E-state index contributed by atoms with van der Waals surface area (Å²) in [5.41, 5.74) is 2.40. The third-order valence-electron chi connectivity index (χ3n) is 4.02. The molecular formula is C18H18N3O+. The Kier molecular flexibility index (Phi) is 3.45. The Labute approximate surface area is 129 Å². The normalized spacial score (nSPS) is 17.2. The molecule has 0 N–H and O–H groups in total. The molecule has 22 heavy (non-hydrogen) atoms. The molecular weight excluding hydrogens is 274 g/mol. The van der Waals surface area contributed by atoms with E-state index < -0.39 is 0 Å². The van der Waals surface area contributed by atoms with E-state index in [2.05, 4.69) is 52.4 Å². The van der Waals surface area contributed by atoms with Gasteiger partial charge >= 0.3 is 5.82 Å². The lowest BCUT2D eigenvalue weighted by Crippen LogP contribution is -2.48. The Bertz CT molecular complexity index is 753. The van der Waals surface area contributed by atoms with Crippen molar-refractivity contribution in [3.8, 4) is 5.69 Å². The van der Waals surface area contributed by atoms with Gasteiger partial charge in [-0.2, -0.15) is 0 Å². The Morgan fingerprint density at radius 3 is 2.55 bits per heavy atom. The third-order valence-corrected chi connectivity index (χ3v) is 4.02. The standard InChI is InChI=1S/C18H18N3O/c1-3-7-15(8-4-1)11-17-12-22-13-18-19-21(14-20(17)18)16-9-5-2-6-10-16/h1-10,14,17H,11-13H2/q+1/t17-/m1/s1. The minimum absolute atomic E-state index is 0.295. The average Bonchev–Trinajstić information content (AvgIpc) is 3.02. The molecule has 0 unspecified atom stereocenters. The minimum Gasteiger partial charge on any atom is -0.367 e. The predicted octanol–water partition coefficient (Wildman–Crippen LogP) is 2.47. The van der Waals surface area contributed by atoms with Crippen LogP contribution in [0.15, 0.2) is 67.0 Å². The number of benzene rings is 2. The summed E-state index contributed by atoms with van der Waals surface area (Å²) in [5, 5.41) is 4.67. The minimum atomic E-state index is 0.295. The van der Waals surface area contributed by atoms with Crippen LogP contribution < -0.4 is 4.57 Å². The highest BCUT2D eigenvalue weighted by Gasteiger charge is 2.29. The first-order valence-corrected chi connectivity index (χ1v) is 7.57. The molecule has 3 aromatic rings. The van der Waals surface area contributed by atoms with Crippen LogP contribution in [0.5, 0.6) is 0 Å². The van der Waals surface area contributed by atoms with Gasteiger partial charge in [0.05, 0.1) is 6.61 Å². The smallest absolute Gasteiger partial charge is 0.304 e. The largest absolute Gasteiger partial charge is 0.367 e. The SMILES string of the molecule is c1ccc(C[C@@H]2COCc3nn(-c4ccccc4)c[n+]32)cc1. The van der Waals surface area contributed by atoms with Crippen molar-refractivity contribution in [1.29, 1.82) is 0 Å². The lowest BCUT2D eigenvalue weighted by molar-refractivity contribution is -0.742. The Morgan fingerprint density at radius 2 is 1.77 bits per heavy atom. The van der Waals surface area contributed by atoms with Gasteiger partial charge in [-0.3, -0.25) is 0 Å². The first-order chi connectivity index (χ1) is 10.9. The maximum absolute atomic E-state index is 5.73. The highest BCUT2D eigenvalue weighted by atomic mass is 16.5. The van der Waals surface area contributed by atoms with Gasteiger partial charge in [-0.1, -0.05) is 53.2 Å². The first kappa shape index (κ1) is 13.2. The Hall–Kier alpha value is -2.46. The van der Waals surface area contributed by atoms with E-state index in [-0.39, 0.29) is 0 Å². The fourth-order valence-corrected chi connectivity index (χ4v) is 2.91. The van der Waals surface area contributed by atoms with Gasteiger partial charge in [0.15, 0.2) is 0 Å². The quantitative estimate of drug-likeness (QED) is 0.694. The lowest BCUT2D eigenvalue weighted by atomic mass is 10.1. The van der Waals surface area contributed by atoms with Crippen LogP contribution in [0.25, 0.3) is 5.69 Å². The zero-order valence-corrected chi connectivity index (χ0v) is 12.3. The second-order valence-corrected chi connectivity index (χ2v) is 5.58. The number of aromatic nitrogens is 3. The molecule has 0 saturated carbocycles. The molecule has 0 radical (unpaired) electrons. The van der Waals surface area contributed by atoms with Gasteiger partial charge < -0.3 is 4.74 Å². The summed E-state index contributed by atoms with van der Waals surface area (Å²) in [6.07, 6.45) is 3.04. The molecule has 4 heteroatoms. The van der Waals surface area contributed by atoms with Gasteiger partial charge in [-0.05, 0) is 17.7 Å². The molecule has 0 spiro atoms. The van der Waals surface area contributed by atoms with Gasteiger partial charge in [-0.25, -0.2) is 4.57 Å². The summed E-state index contributed by atoms with van der Waals surface area (Å²) < 4.78 is 9.92. The summed E-state index contributed by atoms with van der Waals surface area (Å²) in [5.74, 6) is 0.982. The van der Waals surface area contributed by atoms with Crippen molar-refractivity contribution >= 4 is 0 Å². The molecule has 2 heterocycles. The van der Waals surface area contributed by atoms with E-state index in [0.717, 1.165) is 24.5 Å². The van der Waals surface area contributed by atoms with Crippen LogP contribution in [-0.4, -0.2) is 16.4 Å². The van der Waals surface area contributed by atoms with Crippen LogP contribution in [0.1, 0.15) is 17.4 Å². The molecule has 1 aromatic heterocycles. The molecule has 0 saturated heterocycles. The number of hydrogen-bond donors (Lipinski definition) is 0. The van der Waals surface area contributed by atoms with Gasteiger partial charge in [-0.15, -0.1) is 0 Å².